The van der Waals surface area contributed by atoms with Crippen LogP contribution in [0.1, 0.15) is 52.4 Å². The van der Waals surface area contributed by atoms with Crippen LogP contribution in [0.15, 0.2) is 12.2 Å². The van der Waals surface area contributed by atoms with E-state index in [0.717, 1.165) is 6.04 Å². The molecule has 1 heterocycles. The van der Waals surface area contributed by atoms with Crippen molar-refractivity contribution in [3.63, 3.8) is 0 Å². The first-order valence-corrected chi connectivity index (χ1v) is 6.27. The monoisotopic (exact) mass is 195 g/mol. The van der Waals surface area contributed by atoms with E-state index in [1.165, 1.54) is 51.6 Å². The smallest absolute Gasteiger partial charge is 0.0166 e. The third-order valence-electron chi connectivity index (χ3n) is 3.12. The van der Waals surface area contributed by atoms with Gasteiger partial charge in [0.2, 0.25) is 0 Å². The molecule has 0 aliphatic carbocycles. The molecule has 0 aromatic carbocycles. The molecule has 1 heteroatoms. The number of unbranched alkanes of at least 4 members (excludes halogenated alkanes) is 1. The number of nitrogens with zero attached hydrogens (tertiary/aromatic N) is 1. The predicted molar refractivity (Wildman–Crippen MR) is 63.6 cm³/mol. The molecule has 82 valence electrons. The summed E-state index contributed by atoms with van der Waals surface area (Å²) in [5, 5.41) is 0. The molecule has 0 saturated heterocycles. The van der Waals surface area contributed by atoms with Crippen LogP contribution in [0.3, 0.4) is 0 Å². The van der Waals surface area contributed by atoms with Crippen molar-refractivity contribution >= 4 is 0 Å². The Kier molecular flexibility index (Phi) is 5.93. The summed E-state index contributed by atoms with van der Waals surface area (Å²) >= 11 is 0. The maximum absolute atomic E-state index is 2.67. The molecule has 1 nitrogen and oxygen atoms in total. The van der Waals surface area contributed by atoms with Crippen molar-refractivity contribution < 1.29 is 0 Å². The number of rotatable bonds is 6. The van der Waals surface area contributed by atoms with E-state index in [9.17, 15) is 0 Å². The molecule has 1 rings (SSSR count). The van der Waals surface area contributed by atoms with Gasteiger partial charge < -0.3 is 0 Å². The molecule has 0 radical (unpaired) electrons. The molecule has 1 atom stereocenters. The third kappa shape index (κ3) is 3.83. The maximum atomic E-state index is 2.67. The summed E-state index contributed by atoms with van der Waals surface area (Å²) in [4.78, 5) is 2.67. The van der Waals surface area contributed by atoms with Crippen molar-refractivity contribution in [2.45, 2.75) is 58.4 Å². The van der Waals surface area contributed by atoms with Gasteiger partial charge >= 0.3 is 0 Å². The van der Waals surface area contributed by atoms with Gasteiger partial charge in [0, 0.05) is 19.1 Å². The summed E-state index contributed by atoms with van der Waals surface area (Å²) in [6.45, 7) is 7.07. The Morgan fingerprint density at radius 1 is 1.14 bits per heavy atom. The maximum Gasteiger partial charge on any atom is 0.0166 e. The Morgan fingerprint density at radius 3 is 2.57 bits per heavy atom. The molecule has 1 aliphatic heterocycles. The summed E-state index contributed by atoms with van der Waals surface area (Å²) in [5.74, 6) is 0. The Balaban J connectivity index is 2.35. The van der Waals surface area contributed by atoms with Crippen LogP contribution in [0, 0.1) is 0 Å². The van der Waals surface area contributed by atoms with Gasteiger partial charge in [-0.25, -0.2) is 0 Å². The minimum absolute atomic E-state index is 0.852. The summed E-state index contributed by atoms with van der Waals surface area (Å²) in [6.07, 6.45) is 12.7. The normalized spacial score (nSPS) is 19.9. The molecule has 0 aromatic heterocycles. The fourth-order valence-electron chi connectivity index (χ4n) is 2.27. The zero-order valence-electron chi connectivity index (χ0n) is 9.84. The van der Waals surface area contributed by atoms with Crippen LogP contribution in [0.25, 0.3) is 0 Å². The molecular formula is C13H25N. The van der Waals surface area contributed by atoms with Crippen molar-refractivity contribution in [3.8, 4) is 0 Å². The Bertz CT molecular complexity index is 163. The first kappa shape index (κ1) is 11.8. The van der Waals surface area contributed by atoms with E-state index in [-0.39, 0.29) is 0 Å². The molecule has 1 unspecified atom stereocenters. The van der Waals surface area contributed by atoms with Crippen molar-refractivity contribution in [2.24, 2.45) is 0 Å². The van der Waals surface area contributed by atoms with Crippen LogP contribution in [-0.4, -0.2) is 24.0 Å². The van der Waals surface area contributed by atoms with Gasteiger partial charge in [-0.1, -0.05) is 45.3 Å². The largest absolute Gasteiger partial charge is 0.296 e. The second-order valence-electron chi connectivity index (χ2n) is 4.34. The minimum atomic E-state index is 0.852. The van der Waals surface area contributed by atoms with E-state index in [2.05, 4.69) is 30.9 Å². The molecule has 0 N–H and O–H groups in total. The van der Waals surface area contributed by atoms with Gasteiger partial charge in [0.15, 0.2) is 0 Å². The number of hydrogen-bond donors (Lipinski definition) is 0. The molecule has 0 bridgehead atoms. The standard InChI is InChI=1S/C13H25N/c1-3-5-10-13(9-4-2)14-11-7-6-8-12-14/h6-7,13H,3-5,8-12H2,1-2H3. The van der Waals surface area contributed by atoms with Gasteiger partial charge in [0.05, 0.1) is 0 Å². The lowest BCUT2D eigenvalue weighted by Gasteiger charge is -2.32. The van der Waals surface area contributed by atoms with E-state index < -0.39 is 0 Å². The minimum Gasteiger partial charge on any atom is -0.296 e. The zero-order chi connectivity index (χ0) is 10.2. The van der Waals surface area contributed by atoms with E-state index >= 15 is 0 Å². The Morgan fingerprint density at radius 2 is 2.00 bits per heavy atom. The van der Waals surface area contributed by atoms with Gasteiger partial charge in [0.25, 0.3) is 0 Å². The average Bonchev–Trinajstić information content (AvgIpc) is 2.25. The van der Waals surface area contributed by atoms with Crippen LogP contribution < -0.4 is 0 Å². The first-order valence-electron chi connectivity index (χ1n) is 6.27. The van der Waals surface area contributed by atoms with Crippen molar-refractivity contribution in [2.75, 3.05) is 13.1 Å². The molecule has 0 spiro atoms. The molecule has 0 aromatic rings. The summed E-state index contributed by atoms with van der Waals surface area (Å²) in [7, 11) is 0. The lowest BCUT2D eigenvalue weighted by molar-refractivity contribution is 0.189. The first-order chi connectivity index (χ1) is 6.88. The molecule has 0 saturated carbocycles. The summed E-state index contributed by atoms with van der Waals surface area (Å²) < 4.78 is 0. The summed E-state index contributed by atoms with van der Waals surface area (Å²) in [6, 6.07) is 0.852. The van der Waals surface area contributed by atoms with E-state index in [1.54, 1.807) is 0 Å². The fourth-order valence-corrected chi connectivity index (χ4v) is 2.27. The highest BCUT2D eigenvalue weighted by Gasteiger charge is 2.16. The molecule has 0 fully saturated rings. The SMILES string of the molecule is CCCCC(CCC)N1CC=CCC1. The Hall–Kier alpha value is -0.300. The van der Waals surface area contributed by atoms with Gasteiger partial charge in [-0.3, -0.25) is 4.90 Å². The molecule has 0 amide bonds. The van der Waals surface area contributed by atoms with Gasteiger partial charge in [-0.05, 0) is 19.3 Å². The fraction of sp³-hybridized carbons (Fsp3) is 0.846. The lowest BCUT2D eigenvalue weighted by atomic mass is 10.0. The lowest BCUT2D eigenvalue weighted by Crippen LogP contribution is -2.37. The third-order valence-corrected chi connectivity index (χ3v) is 3.12. The summed E-state index contributed by atoms with van der Waals surface area (Å²) in [5.41, 5.74) is 0. The zero-order valence-corrected chi connectivity index (χ0v) is 9.84. The second-order valence-corrected chi connectivity index (χ2v) is 4.34. The van der Waals surface area contributed by atoms with Crippen LogP contribution in [-0.2, 0) is 0 Å². The Labute approximate surface area is 89.2 Å². The van der Waals surface area contributed by atoms with Gasteiger partial charge in [-0.2, -0.15) is 0 Å². The molecule has 1 aliphatic rings. The topological polar surface area (TPSA) is 3.24 Å². The highest BCUT2D eigenvalue weighted by atomic mass is 15.1. The highest BCUT2D eigenvalue weighted by Crippen LogP contribution is 2.16. The quantitative estimate of drug-likeness (QED) is 0.585. The molecule has 14 heavy (non-hydrogen) atoms. The van der Waals surface area contributed by atoms with Crippen LogP contribution in [0.5, 0.6) is 0 Å². The second kappa shape index (κ2) is 7.05. The van der Waals surface area contributed by atoms with Crippen molar-refractivity contribution in [1.82, 2.24) is 4.90 Å². The van der Waals surface area contributed by atoms with Gasteiger partial charge in [0.1, 0.15) is 0 Å². The van der Waals surface area contributed by atoms with Crippen molar-refractivity contribution in [1.29, 1.82) is 0 Å². The number of hydrogen-bond acceptors (Lipinski definition) is 1. The van der Waals surface area contributed by atoms with Gasteiger partial charge in [-0.15, -0.1) is 0 Å². The van der Waals surface area contributed by atoms with E-state index in [0.29, 0.717) is 0 Å². The average molecular weight is 195 g/mol. The van der Waals surface area contributed by atoms with Crippen molar-refractivity contribution in [3.05, 3.63) is 12.2 Å². The highest BCUT2D eigenvalue weighted by molar-refractivity contribution is 4.92. The van der Waals surface area contributed by atoms with Crippen LogP contribution >= 0.6 is 0 Å². The van der Waals surface area contributed by atoms with E-state index in [1.807, 2.05) is 0 Å². The van der Waals surface area contributed by atoms with Crippen LogP contribution in [0.2, 0.25) is 0 Å². The van der Waals surface area contributed by atoms with Crippen LogP contribution in [0.4, 0.5) is 0 Å². The van der Waals surface area contributed by atoms with E-state index in [4.69, 9.17) is 0 Å². The predicted octanol–water partition coefficient (Wildman–Crippen LogP) is 3.61. The molecular weight excluding hydrogens is 170 g/mol.